The van der Waals surface area contributed by atoms with Crippen LogP contribution in [-0.2, 0) is 16.1 Å². The van der Waals surface area contributed by atoms with Crippen LogP contribution in [0.2, 0.25) is 0 Å². The van der Waals surface area contributed by atoms with Gasteiger partial charge in [-0.2, -0.15) is 0 Å². The number of carbonyl (C=O) groups is 2. The number of carbonyl (C=O) groups excluding carboxylic acids is 2. The van der Waals surface area contributed by atoms with Crippen LogP contribution in [0.3, 0.4) is 0 Å². The number of ether oxygens (including phenoxy) is 1. The standard InChI is InChI=1S/C21H30N2O3/c1-3-26-18-12-8-7-9-16(18)15-23-19(24)13-14-21(23,2)20(25)22-17-10-5-4-6-11-17/h7-9,12,17H,3-6,10-11,13-15H2,1-2H3,(H,22,25). The number of hydrogen-bond acceptors (Lipinski definition) is 3. The Morgan fingerprint density at radius 1 is 1.27 bits per heavy atom. The molecule has 1 unspecified atom stereocenters. The van der Waals surface area contributed by atoms with E-state index in [1.807, 2.05) is 38.1 Å². The van der Waals surface area contributed by atoms with Crippen molar-refractivity contribution in [1.82, 2.24) is 10.2 Å². The summed E-state index contributed by atoms with van der Waals surface area (Å²) >= 11 is 0. The smallest absolute Gasteiger partial charge is 0.245 e. The van der Waals surface area contributed by atoms with E-state index in [4.69, 9.17) is 4.74 Å². The van der Waals surface area contributed by atoms with Gasteiger partial charge in [0, 0.05) is 18.0 Å². The number of benzene rings is 1. The van der Waals surface area contributed by atoms with Crippen LogP contribution in [-0.4, -0.2) is 34.9 Å². The maximum absolute atomic E-state index is 13.1. The zero-order chi connectivity index (χ0) is 18.6. The second kappa shape index (κ2) is 8.11. The van der Waals surface area contributed by atoms with Crippen LogP contribution < -0.4 is 10.1 Å². The summed E-state index contributed by atoms with van der Waals surface area (Å²) in [7, 11) is 0. The Morgan fingerprint density at radius 2 is 2.00 bits per heavy atom. The Morgan fingerprint density at radius 3 is 2.73 bits per heavy atom. The number of likely N-dealkylation sites (tertiary alicyclic amines) is 1. The van der Waals surface area contributed by atoms with Gasteiger partial charge in [-0.3, -0.25) is 9.59 Å². The average Bonchev–Trinajstić information content (AvgIpc) is 2.94. The zero-order valence-electron chi connectivity index (χ0n) is 15.9. The summed E-state index contributed by atoms with van der Waals surface area (Å²) in [6.45, 7) is 4.83. The van der Waals surface area contributed by atoms with Crippen LogP contribution >= 0.6 is 0 Å². The molecule has 1 aliphatic heterocycles. The summed E-state index contributed by atoms with van der Waals surface area (Å²) in [5, 5.41) is 3.21. The van der Waals surface area contributed by atoms with Gasteiger partial charge < -0.3 is 15.0 Å². The van der Waals surface area contributed by atoms with Gasteiger partial charge in [-0.1, -0.05) is 37.5 Å². The Hall–Kier alpha value is -2.04. The minimum Gasteiger partial charge on any atom is -0.494 e. The van der Waals surface area contributed by atoms with Gasteiger partial charge in [0.1, 0.15) is 11.3 Å². The molecule has 1 aromatic carbocycles. The van der Waals surface area contributed by atoms with Crippen LogP contribution in [0, 0.1) is 0 Å². The van der Waals surface area contributed by atoms with E-state index in [0.29, 0.717) is 26.0 Å². The molecular formula is C21H30N2O3. The Labute approximate surface area is 156 Å². The first-order chi connectivity index (χ1) is 12.5. The minimum absolute atomic E-state index is 0.0101. The van der Waals surface area contributed by atoms with Gasteiger partial charge in [-0.15, -0.1) is 0 Å². The fraction of sp³-hybridized carbons (Fsp3) is 0.619. The normalized spacial score (nSPS) is 23.9. The zero-order valence-corrected chi connectivity index (χ0v) is 15.9. The first-order valence-electron chi connectivity index (χ1n) is 9.86. The molecule has 0 bridgehead atoms. The van der Waals surface area contributed by atoms with Gasteiger partial charge in [0.15, 0.2) is 0 Å². The molecule has 26 heavy (non-hydrogen) atoms. The third-order valence-electron chi connectivity index (χ3n) is 5.75. The van der Waals surface area contributed by atoms with Crippen molar-refractivity contribution in [2.24, 2.45) is 0 Å². The summed E-state index contributed by atoms with van der Waals surface area (Å²) in [5.41, 5.74) is 0.162. The van der Waals surface area contributed by atoms with Gasteiger partial charge in [-0.25, -0.2) is 0 Å². The van der Waals surface area contributed by atoms with Crippen molar-refractivity contribution in [1.29, 1.82) is 0 Å². The molecule has 5 heteroatoms. The molecule has 1 aromatic rings. The summed E-state index contributed by atoms with van der Waals surface area (Å²) in [5.74, 6) is 0.812. The van der Waals surface area contributed by atoms with E-state index in [0.717, 1.165) is 24.2 Å². The Balaban J connectivity index is 1.76. The average molecular weight is 358 g/mol. The van der Waals surface area contributed by atoms with E-state index in [-0.39, 0.29) is 17.9 Å². The van der Waals surface area contributed by atoms with E-state index in [2.05, 4.69) is 5.32 Å². The van der Waals surface area contributed by atoms with Crippen LogP contribution in [0.15, 0.2) is 24.3 Å². The van der Waals surface area contributed by atoms with Crippen molar-refractivity contribution in [2.45, 2.75) is 76.9 Å². The predicted molar refractivity (Wildman–Crippen MR) is 101 cm³/mol. The van der Waals surface area contributed by atoms with Crippen molar-refractivity contribution in [3.8, 4) is 5.75 Å². The lowest BCUT2D eigenvalue weighted by Crippen LogP contribution is -2.56. The molecule has 1 saturated carbocycles. The Bertz CT molecular complexity index is 654. The SMILES string of the molecule is CCOc1ccccc1CN1C(=O)CCC1(C)C(=O)NC1CCCCC1. The number of hydrogen-bond donors (Lipinski definition) is 1. The highest BCUT2D eigenvalue weighted by Gasteiger charge is 2.47. The lowest BCUT2D eigenvalue weighted by molar-refractivity contribution is -0.141. The molecule has 0 aromatic heterocycles. The molecular weight excluding hydrogens is 328 g/mol. The van der Waals surface area contributed by atoms with Gasteiger partial charge in [-0.05, 0) is 39.2 Å². The molecule has 2 fully saturated rings. The van der Waals surface area contributed by atoms with Crippen LogP contribution in [0.4, 0.5) is 0 Å². The second-order valence-corrected chi connectivity index (χ2v) is 7.60. The van der Waals surface area contributed by atoms with Gasteiger partial charge in [0.05, 0.1) is 13.2 Å². The second-order valence-electron chi connectivity index (χ2n) is 7.60. The lowest BCUT2D eigenvalue weighted by atomic mass is 9.92. The molecule has 2 amide bonds. The summed E-state index contributed by atoms with van der Waals surface area (Å²) in [6, 6.07) is 8.00. The molecule has 0 radical (unpaired) electrons. The topological polar surface area (TPSA) is 58.6 Å². The third-order valence-corrected chi connectivity index (χ3v) is 5.75. The molecule has 1 saturated heterocycles. The number of rotatable bonds is 6. The molecule has 3 rings (SSSR count). The highest BCUT2D eigenvalue weighted by molar-refractivity contribution is 5.94. The molecule has 5 nitrogen and oxygen atoms in total. The van der Waals surface area contributed by atoms with Gasteiger partial charge in [0.2, 0.25) is 11.8 Å². The predicted octanol–water partition coefficient (Wildman–Crippen LogP) is 3.42. The number of para-hydroxylation sites is 1. The molecule has 1 heterocycles. The fourth-order valence-electron chi connectivity index (χ4n) is 4.08. The van der Waals surface area contributed by atoms with E-state index in [9.17, 15) is 9.59 Å². The fourth-order valence-corrected chi connectivity index (χ4v) is 4.08. The molecule has 1 N–H and O–H groups in total. The largest absolute Gasteiger partial charge is 0.494 e. The molecule has 1 aliphatic carbocycles. The van der Waals surface area contributed by atoms with Crippen LogP contribution in [0.5, 0.6) is 5.75 Å². The van der Waals surface area contributed by atoms with Gasteiger partial charge >= 0.3 is 0 Å². The van der Waals surface area contributed by atoms with Gasteiger partial charge in [0.25, 0.3) is 0 Å². The van der Waals surface area contributed by atoms with Crippen molar-refractivity contribution in [3.63, 3.8) is 0 Å². The maximum atomic E-state index is 13.1. The van der Waals surface area contributed by atoms with Crippen molar-refractivity contribution in [3.05, 3.63) is 29.8 Å². The van der Waals surface area contributed by atoms with Crippen molar-refractivity contribution >= 4 is 11.8 Å². The van der Waals surface area contributed by atoms with Crippen molar-refractivity contribution < 1.29 is 14.3 Å². The third kappa shape index (κ3) is 3.87. The number of nitrogens with one attached hydrogen (secondary N) is 1. The first-order valence-corrected chi connectivity index (χ1v) is 9.86. The molecule has 2 aliphatic rings. The summed E-state index contributed by atoms with van der Waals surface area (Å²) in [4.78, 5) is 27.4. The Kier molecular flexibility index (Phi) is 5.84. The van der Waals surface area contributed by atoms with E-state index < -0.39 is 5.54 Å². The quantitative estimate of drug-likeness (QED) is 0.848. The summed E-state index contributed by atoms with van der Waals surface area (Å²) in [6.07, 6.45) is 6.68. The maximum Gasteiger partial charge on any atom is 0.245 e. The molecule has 142 valence electrons. The van der Waals surface area contributed by atoms with Crippen LogP contribution in [0.1, 0.15) is 64.4 Å². The van der Waals surface area contributed by atoms with E-state index in [1.54, 1.807) is 4.90 Å². The molecule has 1 atom stereocenters. The highest BCUT2D eigenvalue weighted by Crippen LogP contribution is 2.34. The highest BCUT2D eigenvalue weighted by atomic mass is 16.5. The minimum atomic E-state index is -0.784. The van der Waals surface area contributed by atoms with E-state index in [1.165, 1.54) is 19.3 Å². The number of nitrogens with zero attached hydrogens (tertiary/aromatic N) is 1. The monoisotopic (exact) mass is 358 g/mol. The van der Waals surface area contributed by atoms with Crippen LogP contribution in [0.25, 0.3) is 0 Å². The number of amides is 2. The van der Waals surface area contributed by atoms with Crippen molar-refractivity contribution in [2.75, 3.05) is 6.61 Å². The molecule has 0 spiro atoms. The van der Waals surface area contributed by atoms with E-state index >= 15 is 0 Å². The lowest BCUT2D eigenvalue weighted by Gasteiger charge is -2.36. The summed E-state index contributed by atoms with van der Waals surface area (Å²) < 4.78 is 5.69. The first kappa shape index (κ1) is 18.7.